The number of hydrogen-bond donors (Lipinski definition) is 4. The Bertz CT molecular complexity index is 595. The number of thiocarbonyl (C=S) groups is 2. The van der Waals surface area contributed by atoms with Gasteiger partial charge in [0.1, 0.15) is 5.75 Å². The Morgan fingerprint density at radius 1 is 1.13 bits per heavy atom. The Hall–Kier alpha value is -1.60. The zero-order valence-corrected chi connectivity index (χ0v) is 14.7. The topological polar surface area (TPSA) is 57.4 Å². The zero-order valence-electron chi connectivity index (χ0n) is 13.1. The van der Waals surface area contributed by atoms with E-state index in [-0.39, 0.29) is 0 Å². The fourth-order valence-electron chi connectivity index (χ4n) is 3.60. The maximum absolute atomic E-state index is 5.34. The molecular formula is C16H22N4OS2. The summed E-state index contributed by atoms with van der Waals surface area (Å²) in [6, 6.07) is 8.09. The van der Waals surface area contributed by atoms with E-state index in [0.29, 0.717) is 16.3 Å². The van der Waals surface area contributed by atoms with E-state index in [1.54, 1.807) is 7.11 Å². The smallest absolute Gasteiger partial charge is 0.189 e. The molecule has 23 heavy (non-hydrogen) atoms. The minimum absolute atomic E-state index is 0.454. The monoisotopic (exact) mass is 350 g/mol. The summed E-state index contributed by atoms with van der Waals surface area (Å²) in [5.41, 5.74) is 6.72. The first-order chi connectivity index (χ1) is 11.1. The van der Waals surface area contributed by atoms with E-state index in [2.05, 4.69) is 21.5 Å². The normalized spacial score (nSPS) is 24.8. The summed E-state index contributed by atoms with van der Waals surface area (Å²) in [6.45, 7) is 0. The van der Waals surface area contributed by atoms with Gasteiger partial charge in [-0.1, -0.05) is 12.5 Å². The Kier molecular flexibility index (Phi) is 5.17. The predicted molar refractivity (Wildman–Crippen MR) is 100 cm³/mol. The van der Waals surface area contributed by atoms with Gasteiger partial charge in [-0.05, 0) is 67.7 Å². The van der Waals surface area contributed by atoms with Gasteiger partial charge in [0.05, 0.1) is 7.11 Å². The van der Waals surface area contributed by atoms with Crippen molar-refractivity contribution in [2.75, 3.05) is 12.4 Å². The second kappa shape index (κ2) is 7.31. The highest BCUT2D eigenvalue weighted by molar-refractivity contribution is 7.80. The number of fused-ring (bicyclic) bond motifs is 2. The number of benzene rings is 1. The summed E-state index contributed by atoms with van der Waals surface area (Å²) < 4.78 is 5.18. The molecule has 0 amide bonds. The van der Waals surface area contributed by atoms with Crippen LogP contribution in [0.3, 0.4) is 0 Å². The highest BCUT2D eigenvalue weighted by atomic mass is 32.1. The van der Waals surface area contributed by atoms with Crippen LogP contribution in [0, 0.1) is 11.8 Å². The van der Waals surface area contributed by atoms with Crippen LogP contribution >= 0.6 is 24.4 Å². The molecule has 0 radical (unpaired) electrons. The highest BCUT2D eigenvalue weighted by Gasteiger charge is 2.39. The van der Waals surface area contributed by atoms with Crippen molar-refractivity contribution >= 4 is 40.3 Å². The van der Waals surface area contributed by atoms with Crippen LogP contribution in [0.2, 0.25) is 0 Å². The lowest BCUT2D eigenvalue weighted by atomic mass is 9.96. The molecule has 2 bridgehead atoms. The zero-order chi connectivity index (χ0) is 16.2. The SMILES string of the molecule is COc1cccc(NC(=S)NNC(=S)NC2CC3CCC2C3)c1. The van der Waals surface area contributed by atoms with E-state index in [4.69, 9.17) is 29.2 Å². The maximum Gasteiger partial charge on any atom is 0.189 e. The quantitative estimate of drug-likeness (QED) is 0.494. The summed E-state index contributed by atoms with van der Waals surface area (Å²) in [7, 11) is 1.64. The number of anilines is 1. The molecule has 2 fully saturated rings. The van der Waals surface area contributed by atoms with E-state index in [1.165, 1.54) is 25.7 Å². The molecule has 5 nitrogen and oxygen atoms in total. The molecule has 1 aromatic carbocycles. The lowest BCUT2D eigenvalue weighted by Crippen LogP contribution is -2.51. The Morgan fingerprint density at radius 3 is 2.65 bits per heavy atom. The molecule has 7 heteroatoms. The predicted octanol–water partition coefficient (Wildman–Crippen LogP) is 2.55. The number of ether oxygens (including phenoxy) is 1. The minimum Gasteiger partial charge on any atom is -0.497 e. The number of methoxy groups -OCH3 is 1. The molecule has 0 saturated heterocycles. The third-order valence-corrected chi connectivity index (χ3v) is 5.10. The van der Waals surface area contributed by atoms with Crippen LogP contribution in [0.1, 0.15) is 25.7 Å². The maximum atomic E-state index is 5.34. The molecule has 2 aliphatic carbocycles. The van der Waals surface area contributed by atoms with Crippen molar-refractivity contribution in [2.24, 2.45) is 11.8 Å². The van der Waals surface area contributed by atoms with Gasteiger partial charge in [-0.3, -0.25) is 10.9 Å². The van der Waals surface area contributed by atoms with Gasteiger partial charge in [0.15, 0.2) is 10.2 Å². The van der Waals surface area contributed by atoms with Crippen LogP contribution in [0.25, 0.3) is 0 Å². The van der Waals surface area contributed by atoms with E-state index in [9.17, 15) is 0 Å². The Labute approximate surface area is 147 Å². The van der Waals surface area contributed by atoms with Crippen LogP contribution < -0.4 is 26.2 Å². The average molecular weight is 351 g/mol. The third-order valence-electron chi connectivity index (χ3n) is 4.67. The lowest BCUT2D eigenvalue weighted by Gasteiger charge is -2.24. The summed E-state index contributed by atoms with van der Waals surface area (Å²) in [5.74, 6) is 2.45. The second-order valence-corrected chi connectivity index (χ2v) is 7.01. The first-order valence-corrected chi connectivity index (χ1v) is 8.73. The van der Waals surface area contributed by atoms with Gasteiger partial charge in [-0.25, -0.2) is 0 Å². The van der Waals surface area contributed by atoms with Crippen molar-refractivity contribution in [3.05, 3.63) is 24.3 Å². The van der Waals surface area contributed by atoms with Crippen molar-refractivity contribution < 1.29 is 4.74 Å². The molecule has 0 heterocycles. The third kappa shape index (κ3) is 4.23. The van der Waals surface area contributed by atoms with Crippen LogP contribution in [-0.2, 0) is 0 Å². The molecule has 2 aliphatic rings. The highest BCUT2D eigenvalue weighted by Crippen LogP contribution is 2.44. The van der Waals surface area contributed by atoms with E-state index in [0.717, 1.165) is 23.3 Å². The largest absolute Gasteiger partial charge is 0.497 e. The molecule has 3 rings (SSSR count). The Balaban J connectivity index is 1.40. The van der Waals surface area contributed by atoms with Gasteiger partial charge < -0.3 is 15.4 Å². The molecule has 3 unspecified atom stereocenters. The fraction of sp³-hybridized carbons (Fsp3) is 0.500. The number of rotatable bonds is 3. The van der Waals surface area contributed by atoms with E-state index >= 15 is 0 Å². The van der Waals surface area contributed by atoms with E-state index < -0.39 is 0 Å². The summed E-state index contributed by atoms with van der Waals surface area (Å²) in [4.78, 5) is 0. The number of nitrogens with one attached hydrogen (secondary N) is 4. The fourth-order valence-corrected chi connectivity index (χ4v) is 3.97. The molecule has 1 aromatic rings. The van der Waals surface area contributed by atoms with Crippen LogP contribution in [0.5, 0.6) is 5.75 Å². The van der Waals surface area contributed by atoms with Crippen molar-refractivity contribution in [2.45, 2.75) is 31.7 Å². The average Bonchev–Trinajstić information content (AvgIpc) is 3.16. The molecule has 2 saturated carbocycles. The van der Waals surface area contributed by atoms with Crippen LogP contribution in [-0.4, -0.2) is 23.4 Å². The van der Waals surface area contributed by atoms with Crippen LogP contribution in [0.4, 0.5) is 5.69 Å². The lowest BCUT2D eigenvalue weighted by molar-refractivity contribution is 0.389. The van der Waals surface area contributed by atoms with E-state index in [1.807, 2.05) is 24.3 Å². The second-order valence-electron chi connectivity index (χ2n) is 6.19. The van der Waals surface area contributed by atoms with Crippen molar-refractivity contribution in [1.82, 2.24) is 16.2 Å². The summed E-state index contributed by atoms with van der Waals surface area (Å²) >= 11 is 10.6. The van der Waals surface area contributed by atoms with Crippen molar-refractivity contribution in [1.29, 1.82) is 0 Å². The van der Waals surface area contributed by atoms with Gasteiger partial charge >= 0.3 is 0 Å². The van der Waals surface area contributed by atoms with Gasteiger partial charge in [0.25, 0.3) is 0 Å². The first-order valence-electron chi connectivity index (χ1n) is 7.91. The molecule has 3 atom stereocenters. The molecular weight excluding hydrogens is 328 g/mol. The summed E-state index contributed by atoms with van der Waals surface area (Å²) in [5, 5.41) is 7.53. The van der Waals surface area contributed by atoms with Crippen molar-refractivity contribution in [3.63, 3.8) is 0 Å². The molecule has 4 N–H and O–H groups in total. The first kappa shape index (κ1) is 16.3. The van der Waals surface area contributed by atoms with Crippen molar-refractivity contribution in [3.8, 4) is 5.75 Å². The Morgan fingerprint density at radius 2 is 1.96 bits per heavy atom. The van der Waals surface area contributed by atoms with Gasteiger partial charge in [0.2, 0.25) is 0 Å². The van der Waals surface area contributed by atoms with Gasteiger partial charge in [-0.2, -0.15) is 0 Å². The number of hydrazine groups is 1. The van der Waals surface area contributed by atoms with Crippen LogP contribution in [0.15, 0.2) is 24.3 Å². The minimum atomic E-state index is 0.454. The van der Waals surface area contributed by atoms with Gasteiger partial charge in [0, 0.05) is 17.8 Å². The molecule has 0 aromatic heterocycles. The summed E-state index contributed by atoms with van der Waals surface area (Å²) in [6.07, 6.45) is 5.30. The molecule has 0 aliphatic heterocycles. The molecule has 124 valence electrons. The molecule has 0 spiro atoms. The standard InChI is InChI=1S/C16H22N4OS2/c1-21-13-4-2-3-12(9-13)17-15(22)19-20-16(23)18-14-8-10-5-6-11(14)7-10/h2-4,9-11,14H,5-8H2,1H3,(H2,17,19,22)(H2,18,20,23). The van der Waals surface area contributed by atoms with Gasteiger partial charge in [-0.15, -0.1) is 0 Å². The number of hydrogen-bond acceptors (Lipinski definition) is 3.